The standard InChI is InChI=1S/C13H14F3NO3/c1-9-4-2-3-5-10(9)17(7-6-12(19)20)11(18)8-13(14,15)16/h2-5H,6-8H2,1H3,(H,19,20). The van der Waals surface area contributed by atoms with Gasteiger partial charge in [-0.1, -0.05) is 18.2 Å². The Morgan fingerprint density at radius 1 is 1.25 bits per heavy atom. The van der Waals surface area contributed by atoms with Crippen molar-refractivity contribution in [1.29, 1.82) is 0 Å². The number of alkyl halides is 3. The second kappa shape index (κ2) is 6.40. The molecule has 1 aromatic rings. The Morgan fingerprint density at radius 3 is 2.35 bits per heavy atom. The predicted molar refractivity (Wildman–Crippen MR) is 66.5 cm³/mol. The molecule has 0 atom stereocenters. The lowest BCUT2D eigenvalue weighted by Crippen LogP contribution is -2.36. The van der Waals surface area contributed by atoms with Crippen LogP contribution in [0.3, 0.4) is 0 Å². The number of carboxylic acid groups (broad SMARTS) is 1. The maximum atomic E-state index is 12.3. The molecule has 0 aliphatic heterocycles. The fraction of sp³-hybridized carbons (Fsp3) is 0.385. The van der Waals surface area contributed by atoms with Gasteiger partial charge in [0.25, 0.3) is 0 Å². The molecule has 4 nitrogen and oxygen atoms in total. The molecule has 0 radical (unpaired) electrons. The maximum absolute atomic E-state index is 12.3. The summed E-state index contributed by atoms with van der Waals surface area (Å²) in [5, 5.41) is 8.63. The summed E-state index contributed by atoms with van der Waals surface area (Å²) in [5.41, 5.74) is 0.899. The van der Waals surface area contributed by atoms with E-state index >= 15 is 0 Å². The Labute approximate surface area is 113 Å². The minimum atomic E-state index is -4.62. The molecule has 20 heavy (non-hydrogen) atoms. The second-order valence-electron chi connectivity index (χ2n) is 4.27. The first-order valence-electron chi connectivity index (χ1n) is 5.85. The van der Waals surface area contributed by atoms with E-state index in [-0.39, 0.29) is 6.54 Å². The molecule has 1 rings (SSSR count). The van der Waals surface area contributed by atoms with Gasteiger partial charge in [0.05, 0.1) is 6.42 Å². The van der Waals surface area contributed by atoms with Gasteiger partial charge in [-0.15, -0.1) is 0 Å². The van der Waals surface area contributed by atoms with E-state index in [2.05, 4.69) is 0 Å². The van der Waals surface area contributed by atoms with Crippen LogP contribution in [0.5, 0.6) is 0 Å². The highest BCUT2D eigenvalue weighted by molar-refractivity contribution is 5.94. The first-order valence-corrected chi connectivity index (χ1v) is 5.85. The zero-order valence-corrected chi connectivity index (χ0v) is 10.8. The van der Waals surface area contributed by atoms with Crippen LogP contribution in [0.1, 0.15) is 18.4 Å². The van der Waals surface area contributed by atoms with Crippen molar-refractivity contribution in [3.8, 4) is 0 Å². The fourth-order valence-corrected chi connectivity index (χ4v) is 1.72. The Morgan fingerprint density at radius 2 is 1.85 bits per heavy atom. The molecule has 0 heterocycles. The zero-order chi connectivity index (χ0) is 15.3. The van der Waals surface area contributed by atoms with Gasteiger partial charge in [-0.2, -0.15) is 13.2 Å². The molecule has 1 N–H and O–H groups in total. The maximum Gasteiger partial charge on any atom is 0.397 e. The van der Waals surface area contributed by atoms with Crippen LogP contribution in [0.4, 0.5) is 18.9 Å². The average Bonchev–Trinajstić information content (AvgIpc) is 2.28. The van der Waals surface area contributed by atoms with Crippen molar-refractivity contribution in [3.63, 3.8) is 0 Å². The number of hydrogen-bond acceptors (Lipinski definition) is 2. The molecular formula is C13H14F3NO3. The summed E-state index contributed by atoms with van der Waals surface area (Å²) in [7, 11) is 0. The largest absolute Gasteiger partial charge is 0.481 e. The van der Waals surface area contributed by atoms with Gasteiger partial charge >= 0.3 is 12.1 Å². The zero-order valence-electron chi connectivity index (χ0n) is 10.8. The number of benzene rings is 1. The van der Waals surface area contributed by atoms with Crippen LogP contribution in [0.25, 0.3) is 0 Å². The fourth-order valence-electron chi connectivity index (χ4n) is 1.72. The van der Waals surface area contributed by atoms with Gasteiger partial charge in [-0.05, 0) is 18.6 Å². The third-order valence-electron chi connectivity index (χ3n) is 2.61. The highest BCUT2D eigenvalue weighted by atomic mass is 19.4. The van der Waals surface area contributed by atoms with Crippen molar-refractivity contribution < 1.29 is 27.9 Å². The van der Waals surface area contributed by atoms with E-state index in [1.54, 1.807) is 25.1 Å². The number of anilines is 1. The monoisotopic (exact) mass is 289 g/mol. The van der Waals surface area contributed by atoms with Crippen molar-refractivity contribution in [3.05, 3.63) is 29.8 Å². The topological polar surface area (TPSA) is 57.6 Å². The summed E-state index contributed by atoms with van der Waals surface area (Å²) in [5.74, 6) is -2.34. The van der Waals surface area contributed by atoms with Gasteiger partial charge in [0.15, 0.2) is 0 Å². The molecule has 0 spiro atoms. The van der Waals surface area contributed by atoms with E-state index in [1.165, 1.54) is 6.07 Å². The molecule has 1 aromatic carbocycles. The number of carbonyl (C=O) groups is 2. The van der Waals surface area contributed by atoms with Crippen LogP contribution in [0.2, 0.25) is 0 Å². The Balaban J connectivity index is 2.99. The van der Waals surface area contributed by atoms with E-state index in [0.717, 1.165) is 4.90 Å². The van der Waals surface area contributed by atoms with Crippen molar-refractivity contribution in [2.75, 3.05) is 11.4 Å². The highest BCUT2D eigenvalue weighted by Crippen LogP contribution is 2.25. The smallest absolute Gasteiger partial charge is 0.397 e. The van der Waals surface area contributed by atoms with Gasteiger partial charge in [0, 0.05) is 12.2 Å². The normalized spacial score (nSPS) is 11.2. The molecule has 0 unspecified atom stereocenters. The molecule has 0 aliphatic carbocycles. The van der Waals surface area contributed by atoms with E-state index in [9.17, 15) is 22.8 Å². The summed E-state index contributed by atoms with van der Waals surface area (Å²) in [4.78, 5) is 23.2. The summed E-state index contributed by atoms with van der Waals surface area (Å²) < 4.78 is 37.0. The number of carboxylic acids is 1. The van der Waals surface area contributed by atoms with Crippen molar-refractivity contribution >= 4 is 17.6 Å². The van der Waals surface area contributed by atoms with Gasteiger partial charge in [-0.25, -0.2) is 0 Å². The van der Waals surface area contributed by atoms with Crippen LogP contribution >= 0.6 is 0 Å². The van der Waals surface area contributed by atoms with E-state index in [4.69, 9.17) is 5.11 Å². The lowest BCUT2D eigenvalue weighted by Gasteiger charge is -2.24. The third-order valence-corrected chi connectivity index (χ3v) is 2.61. The molecule has 0 saturated heterocycles. The minimum absolute atomic E-state index is 0.294. The Bertz CT molecular complexity index is 500. The lowest BCUT2D eigenvalue weighted by molar-refractivity contribution is -0.151. The number of nitrogens with zero attached hydrogens (tertiary/aromatic N) is 1. The summed E-state index contributed by atoms with van der Waals surface area (Å²) >= 11 is 0. The number of amides is 1. The van der Waals surface area contributed by atoms with Crippen molar-refractivity contribution in [2.24, 2.45) is 0 Å². The molecule has 0 saturated carbocycles. The Hall–Kier alpha value is -2.05. The summed E-state index contributed by atoms with van der Waals surface area (Å²) in [6, 6.07) is 6.40. The number of rotatable bonds is 5. The Kier molecular flexibility index (Phi) is 5.12. The number of para-hydroxylation sites is 1. The number of aliphatic carboxylic acids is 1. The average molecular weight is 289 g/mol. The first-order chi connectivity index (χ1) is 9.20. The SMILES string of the molecule is Cc1ccccc1N(CCC(=O)O)C(=O)CC(F)(F)F. The number of halogens is 3. The second-order valence-corrected chi connectivity index (χ2v) is 4.27. The molecule has 1 amide bonds. The minimum Gasteiger partial charge on any atom is -0.481 e. The number of hydrogen-bond donors (Lipinski definition) is 1. The van der Waals surface area contributed by atoms with Crippen LogP contribution in [0.15, 0.2) is 24.3 Å². The predicted octanol–water partition coefficient (Wildman–Crippen LogP) is 2.76. The molecule has 0 bridgehead atoms. The lowest BCUT2D eigenvalue weighted by atomic mass is 10.1. The molecule has 0 aromatic heterocycles. The van der Waals surface area contributed by atoms with Crippen LogP contribution in [-0.4, -0.2) is 29.7 Å². The molecule has 0 fully saturated rings. The number of carbonyl (C=O) groups excluding carboxylic acids is 1. The van der Waals surface area contributed by atoms with E-state index < -0.39 is 30.9 Å². The van der Waals surface area contributed by atoms with E-state index in [1.807, 2.05) is 0 Å². The summed E-state index contributed by atoms with van der Waals surface area (Å²) in [6.07, 6.45) is -6.65. The highest BCUT2D eigenvalue weighted by Gasteiger charge is 2.34. The molecule has 7 heteroatoms. The van der Waals surface area contributed by atoms with E-state index in [0.29, 0.717) is 11.3 Å². The molecule has 110 valence electrons. The van der Waals surface area contributed by atoms with Crippen LogP contribution in [0, 0.1) is 6.92 Å². The molecular weight excluding hydrogens is 275 g/mol. The van der Waals surface area contributed by atoms with Gasteiger partial charge in [0.2, 0.25) is 5.91 Å². The quantitative estimate of drug-likeness (QED) is 0.906. The van der Waals surface area contributed by atoms with Crippen molar-refractivity contribution in [2.45, 2.75) is 25.9 Å². The first kappa shape index (κ1) is 16.0. The summed E-state index contributed by atoms with van der Waals surface area (Å²) in [6.45, 7) is 1.35. The van der Waals surface area contributed by atoms with Gasteiger partial charge in [-0.3, -0.25) is 9.59 Å². The molecule has 0 aliphatic rings. The van der Waals surface area contributed by atoms with Crippen LogP contribution in [-0.2, 0) is 9.59 Å². The van der Waals surface area contributed by atoms with Crippen LogP contribution < -0.4 is 4.90 Å². The number of aryl methyl sites for hydroxylation is 1. The van der Waals surface area contributed by atoms with Gasteiger partial charge < -0.3 is 10.0 Å². The third kappa shape index (κ3) is 4.91. The van der Waals surface area contributed by atoms with Gasteiger partial charge in [0.1, 0.15) is 6.42 Å². The van der Waals surface area contributed by atoms with Crippen molar-refractivity contribution in [1.82, 2.24) is 0 Å².